The van der Waals surface area contributed by atoms with Crippen LogP contribution in [-0.2, 0) is 0 Å². The summed E-state index contributed by atoms with van der Waals surface area (Å²) in [6, 6.07) is 6.18. The molecule has 0 aliphatic carbocycles. The van der Waals surface area contributed by atoms with Crippen LogP contribution < -0.4 is 16.4 Å². The van der Waals surface area contributed by atoms with E-state index < -0.39 is 22.9 Å². The molecule has 0 spiro atoms. The topological polar surface area (TPSA) is 96.1 Å². The molecule has 2 N–H and O–H groups in total. The van der Waals surface area contributed by atoms with Gasteiger partial charge in [-0.2, -0.15) is 0 Å². The molecule has 20 heavy (non-hydrogen) atoms. The van der Waals surface area contributed by atoms with Crippen molar-refractivity contribution in [1.29, 1.82) is 0 Å². The Morgan fingerprint density at radius 2 is 1.50 bits per heavy atom. The SMILES string of the molecule is O=C1NC(=O)c2c1cc1c(=O)[nH]c(=O)c3cccc1c23. The van der Waals surface area contributed by atoms with Crippen LogP contribution in [0.4, 0.5) is 0 Å². The van der Waals surface area contributed by atoms with Crippen LogP contribution in [0.2, 0.25) is 0 Å². The molecule has 6 nitrogen and oxygen atoms in total. The highest BCUT2D eigenvalue weighted by molar-refractivity contribution is 6.30. The third-order valence-electron chi connectivity index (χ3n) is 3.58. The third kappa shape index (κ3) is 1.13. The van der Waals surface area contributed by atoms with Gasteiger partial charge in [0.1, 0.15) is 0 Å². The smallest absolute Gasteiger partial charge is 0.259 e. The summed E-state index contributed by atoms with van der Waals surface area (Å²) >= 11 is 0. The van der Waals surface area contributed by atoms with Crippen LogP contribution in [-0.4, -0.2) is 16.8 Å². The number of aromatic amines is 1. The number of amides is 2. The number of hydrogen-bond donors (Lipinski definition) is 2. The van der Waals surface area contributed by atoms with E-state index in [4.69, 9.17) is 0 Å². The number of carbonyl (C=O) groups excluding carboxylic acids is 2. The lowest BCUT2D eigenvalue weighted by Gasteiger charge is -2.03. The molecule has 6 heteroatoms. The van der Waals surface area contributed by atoms with Gasteiger partial charge in [-0.3, -0.25) is 29.5 Å². The molecule has 0 atom stereocenters. The van der Waals surface area contributed by atoms with E-state index in [9.17, 15) is 19.2 Å². The van der Waals surface area contributed by atoms with E-state index in [1.54, 1.807) is 12.1 Å². The maximum absolute atomic E-state index is 12.0. The van der Waals surface area contributed by atoms with E-state index in [0.29, 0.717) is 10.8 Å². The first-order valence-corrected chi connectivity index (χ1v) is 5.89. The van der Waals surface area contributed by atoms with Gasteiger partial charge in [0.05, 0.1) is 11.1 Å². The molecule has 1 aliphatic rings. The second-order valence-corrected chi connectivity index (χ2v) is 4.64. The largest absolute Gasteiger partial charge is 0.288 e. The molecule has 0 radical (unpaired) electrons. The molecule has 2 aromatic carbocycles. The first kappa shape index (κ1) is 10.9. The zero-order valence-electron chi connectivity index (χ0n) is 9.94. The molecular formula is C14H6N2O4. The molecule has 4 bridgehead atoms. The third-order valence-corrected chi connectivity index (χ3v) is 3.58. The summed E-state index contributed by atoms with van der Waals surface area (Å²) in [4.78, 5) is 50.0. The van der Waals surface area contributed by atoms with E-state index in [0.717, 1.165) is 0 Å². The fraction of sp³-hybridized carbons (Fsp3) is 0. The summed E-state index contributed by atoms with van der Waals surface area (Å²) in [5, 5.41) is 3.47. The molecule has 2 amide bonds. The first-order chi connectivity index (χ1) is 9.58. The normalized spacial score (nSPS) is 14.0. The Kier molecular flexibility index (Phi) is 1.79. The van der Waals surface area contributed by atoms with Gasteiger partial charge < -0.3 is 0 Å². The molecular weight excluding hydrogens is 260 g/mol. The van der Waals surface area contributed by atoms with Crippen molar-refractivity contribution in [2.24, 2.45) is 0 Å². The van der Waals surface area contributed by atoms with Gasteiger partial charge in [0.2, 0.25) is 0 Å². The van der Waals surface area contributed by atoms with Crippen molar-refractivity contribution in [3.8, 4) is 0 Å². The van der Waals surface area contributed by atoms with Crippen LogP contribution in [0, 0.1) is 0 Å². The number of imide groups is 1. The van der Waals surface area contributed by atoms with Gasteiger partial charge in [-0.1, -0.05) is 12.1 Å². The lowest BCUT2D eigenvalue weighted by molar-refractivity contribution is 0.0880. The molecule has 4 rings (SSSR count). The minimum Gasteiger partial charge on any atom is -0.288 e. The molecule has 96 valence electrons. The lowest BCUT2D eigenvalue weighted by atomic mass is 9.96. The molecule has 0 fully saturated rings. The van der Waals surface area contributed by atoms with E-state index in [1.165, 1.54) is 12.1 Å². The predicted molar refractivity (Wildman–Crippen MR) is 71.3 cm³/mol. The van der Waals surface area contributed by atoms with Crippen molar-refractivity contribution >= 4 is 33.4 Å². The van der Waals surface area contributed by atoms with Crippen LogP contribution in [0.15, 0.2) is 33.9 Å². The number of hydrogen-bond acceptors (Lipinski definition) is 4. The van der Waals surface area contributed by atoms with Crippen molar-refractivity contribution in [3.05, 3.63) is 56.1 Å². The van der Waals surface area contributed by atoms with E-state index >= 15 is 0 Å². The average molecular weight is 266 g/mol. The summed E-state index contributed by atoms with van der Waals surface area (Å²) in [5.41, 5.74) is -0.851. The molecule has 1 aromatic heterocycles. The van der Waals surface area contributed by atoms with E-state index in [1.807, 2.05) is 0 Å². The van der Waals surface area contributed by atoms with Crippen molar-refractivity contribution < 1.29 is 9.59 Å². The Morgan fingerprint density at radius 3 is 2.30 bits per heavy atom. The van der Waals surface area contributed by atoms with E-state index in [-0.39, 0.29) is 21.9 Å². The molecule has 1 aliphatic heterocycles. The standard InChI is InChI=1S/C14H6N2O4/c17-11-6-3-1-2-5-7(12(18)15-11)4-8-10(9(5)6)14(20)16-13(8)19/h1-4H,(H,15,17,18)(H,16,19,20). The number of fused-ring (bicyclic) bond motifs is 1. The van der Waals surface area contributed by atoms with Gasteiger partial charge in [-0.05, 0) is 17.5 Å². The van der Waals surface area contributed by atoms with Gasteiger partial charge >= 0.3 is 0 Å². The van der Waals surface area contributed by atoms with E-state index in [2.05, 4.69) is 10.3 Å². The lowest BCUT2D eigenvalue weighted by Crippen LogP contribution is -2.20. The zero-order chi connectivity index (χ0) is 14.0. The van der Waals surface area contributed by atoms with Crippen molar-refractivity contribution in [2.75, 3.05) is 0 Å². The highest BCUT2D eigenvalue weighted by Gasteiger charge is 2.31. The second kappa shape index (κ2) is 3.30. The van der Waals surface area contributed by atoms with Crippen LogP contribution in [0.3, 0.4) is 0 Å². The number of benzene rings is 2. The molecule has 3 aromatic rings. The summed E-state index contributed by atoms with van der Waals surface area (Å²) < 4.78 is 0. The molecule has 0 unspecified atom stereocenters. The predicted octanol–water partition coefficient (Wildman–Crippen LogP) is 0.363. The number of nitrogens with one attached hydrogen (secondary N) is 2. The summed E-state index contributed by atoms with van der Waals surface area (Å²) in [6.45, 7) is 0. The number of rotatable bonds is 0. The number of carbonyl (C=O) groups is 2. The summed E-state index contributed by atoms with van der Waals surface area (Å²) in [5.74, 6) is -1.10. The Morgan fingerprint density at radius 1 is 0.800 bits per heavy atom. The molecule has 2 heterocycles. The average Bonchev–Trinajstić information content (AvgIpc) is 2.71. The van der Waals surface area contributed by atoms with Crippen LogP contribution in [0.25, 0.3) is 21.5 Å². The van der Waals surface area contributed by atoms with Crippen LogP contribution in [0.1, 0.15) is 20.7 Å². The fourth-order valence-corrected chi connectivity index (χ4v) is 2.74. The van der Waals surface area contributed by atoms with Gasteiger partial charge in [-0.15, -0.1) is 0 Å². The Balaban J connectivity index is 2.51. The highest BCUT2D eigenvalue weighted by atomic mass is 16.2. The maximum atomic E-state index is 12.0. The van der Waals surface area contributed by atoms with Crippen molar-refractivity contribution in [2.45, 2.75) is 0 Å². The first-order valence-electron chi connectivity index (χ1n) is 5.89. The molecule has 0 saturated heterocycles. The summed E-state index contributed by atoms with van der Waals surface area (Å²) in [7, 11) is 0. The van der Waals surface area contributed by atoms with Gasteiger partial charge in [0, 0.05) is 16.2 Å². The monoisotopic (exact) mass is 266 g/mol. The number of H-pyrrole nitrogens is 1. The minimum atomic E-state index is -0.573. The van der Waals surface area contributed by atoms with Crippen molar-refractivity contribution in [1.82, 2.24) is 10.3 Å². The highest BCUT2D eigenvalue weighted by Crippen LogP contribution is 2.31. The summed E-state index contributed by atoms with van der Waals surface area (Å²) in [6.07, 6.45) is 0. The quantitative estimate of drug-likeness (QED) is 0.574. The second-order valence-electron chi connectivity index (χ2n) is 4.64. The van der Waals surface area contributed by atoms with Crippen LogP contribution >= 0.6 is 0 Å². The fourth-order valence-electron chi connectivity index (χ4n) is 2.74. The zero-order valence-corrected chi connectivity index (χ0v) is 9.94. The Hall–Kier alpha value is -3.02. The Bertz CT molecular complexity index is 1030. The van der Waals surface area contributed by atoms with Gasteiger partial charge in [0.25, 0.3) is 22.9 Å². The Labute approximate surface area is 110 Å². The maximum Gasteiger partial charge on any atom is 0.259 e. The minimum absolute atomic E-state index is 0.134. The van der Waals surface area contributed by atoms with Crippen molar-refractivity contribution in [3.63, 3.8) is 0 Å². The van der Waals surface area contributed by atoms with Gasteiger partial charge in [-0.25, -0.2) is 0 Å². The van der Waals surface area contributed by atoms with Crippen LogP contribution in [0.5, 0.6) is 0 Å². The molecule has 0 saturated carbocycles. The number of aromatic nitrogens is 1. The van der Waals surface area contributed by atoms with Gasteiger partial charge in [0.15, 0.2) is 0 Å².